The number of aromatic nitrogens is 2. The fourth-order valence-electron chi connectivity index (χ4n) is 1.87. The molecule has 5 heteroatoms. The average molecular weight is 272 g/mol. The predicted molar refractivity (Wildman–Crippen MR) is 80.9 cm³/mol. The number of rotatable bonds is 5. The Kier molecular flexibility index (Phi) is 4.40. The lowest BCUT2D eigenvalue weighted by Gasteiger charge is -2.12. The van der Waals surface area contributed by atoms with E-state index < -0.39 is 0 Å². The molecule has 1 heterocycles. The smallest absolute Gasteiger partial charge is 0.135 e. The van der Waals surface area contributed by atoms with E-state index in [1.165, 1.54) is 0 Å². The minimum Gasteiger partial charge on any atom is -0.496 e. The van der Waals surface area contributed by atoms with Crippen LogP contribution in [0.1, 0.15) is 31.2 Å². The first-order chi connectivity index (χ1) is 9.60. The highest BCUT2D eigenvalue weighted by Crippen LogP contribution is 2.20. The van der Waals surface area contributed by atoms with Crippen LogP contribution in [0.25, 0.3) is 0 Å². The fourth-order valence-corrected chi connectivity index (χ4v) is 1.87. The molecule has 5 nitrogen and oxygen atoms in total. The SMILES string of the molecule is COc1ccccc1CNc1cc(N)nc(C(C)C)n1. The molecular formula is C15H20N4O. The highest BCUT2D eigenvalue weighted by atomic mass is 16.5. The highest BCUT2D eigenvalue weighted by molar-refractivity contribution is 5.46. The zero-order valence-corrected chi connectivity index (χ0v) is 12.1. The maximum absolute atomic E-state index is 5.81. The number of nitrogen functional groups attached to an aromatic ring is 1. The molecule has 106 valence electrons. The van der Waals surface area contributed by atoms with Crippen LogP contribution in [0.4, 0.5) is 11.6 Å². The molecule has 3 N–H and O–H groups in total. The lowest BCUT2D eigenvalue weighted by molar-refractivity contribution is 0.410. The zero-order chi connectivity index (χ0) is 14.5. The molecular weight excluding hydrogens is 252 g/mol. The van der Waals surface area contributed by atoms with Gasteiger partial charge in [0, 0.05) is 24.1 Å². The first kappa shape index (κ1) is 14.1. The number of anilines is 2. The van der Waals surface area contributed by atoms with Crippen molar-refractivity contribution in [3.8, 4) is 5.75 Å². The molecule has 2 aromatic rings. The minimum atomic E-state index is 0.241. The molecule has 1 aromatic heterocycles. The van der Waals surface area contributed by atoms with E-state index in [0.29, 0.717) is 12.4 Å². The van der Waals surface area contributed by atoms with Gasteiger partial charge in [0.2, 0.25) is 0 Å². The Morgan fingerprint density at radius 1 is 1.25 bits per heavy atom. The summed E-state index contributed by atoms with van der Waals surface area (Å²) >= 11 is 0. The lowest BCUT2D eigenvalue weighted by atomic mass is 10.2. The van der Waals surface area contributed by atoms with Crippen molar-refractivity contribution in [1.82, 2.24) is 9.97 Å². The molecule has 20 heavy (non-hydrogen) atoms. The van der Waals surface area contributed by atoms with Gasteiger partial charge in [0.05, 0.1) is 7.11 Å². The number of nitrogens with two attached hydrogens (primary N) is 1. The van der Waals surface area contributed by atoms with Gasteiger partial charge in [-0.05, 0) is 6.07 Å². The number of hydrogen-bond donors (Lipinski definition) is 2. The van der Waals surface area contributed by atoms with Crippen molar-refractivity contribution in [3.63, 3.8) is 0 Å². The van der Waals surface area contributed by atoms with E-state index in [0.717, 1.165) is 23.0 Å². The van der Waals surface area contributed by atoms with Crippen molar-refractivity contribution in [3.05, 3.63) is 41.7 Å². The summed E-state index contributed by atoms with van der Waals surface area (Å²) in [4.78, 5) is 8.68. The van der Waals surface area contributed by atoms with Gasteiger partial charge in [0.15, 0.2) is 0 Å². The molecule has 0 atom stereocenters. The second-order valence-corrected chi connectivity index (χ2v) is 4.86. The van der Waals surface area contributed by atoms with Crippen molar-refractivity contribution < 1.29 is 4.74 Å². The monoisotopic (exact) mass is 272 g/mol. The summed E-state index contributed by atoms with van der Waals surface area (Å²) in [5.41, 5.74) is 6.87. The normalized spacial score (nSPS) is 10.6. The van der Waals surface area contributed by atoms with Crippen molar-refractivity contribution >= 4 is 11.6 Å². The summed E-state index contributed by atoms with van der Waals surface area (Å²) in [5, 5.41) is 3.26. The summed E-state index contributed by atoms with van der Waals surface area (Å²) in [6.07, 6.45) is 0. The van der Waals surface area contributed by atoms with Crippen molar-refractivity contribution in [2.24, 2.45) is 0 Å². The van der Waals surface area contributed by atoms with Crippen LogP contribution in [0.3, 0.4) is 0 Å². The minimum absolute atomic E-state index is 0.241. The van der Waals surface area contributed by atoms with Gasteiger partial charge >= 0.3 is 0 Å². The van der Waals surface area contributed by atoms with Gasteiger partial charge in [0.25, 0.3) is 0 Å². The number of methoxy groups -OCH3 is 1. The summed E-state index contributed by atoms with van der Waals surface area (Å²) in [5.74, 6) is 3.04. The van der Waals surface area contributed by atoms with E-state index >= 15 is 0 Å². The third kappa shape index (κ3) is 3.38. The van der Waals surface area contributed by atoms with E-state index in [9.17, 15) is 0 Å². The highest BCUT2D eigenvalue weighted by Gasteiger charge is 2.07. The number of benzene rings is 1. The molecule has 0 spiro atoms. The maximum Gasteiger partial charge on any atom is 0.135 e. The molecule has 0 bridgehead atoms. The summed E-state index contributed by atoms with van der Waals surface area (Å²) in [6, 6.07) is 9.61. The number of nitrogens with zero attached hydrogens (tertiary/aromatic N) is 2. The van der Waals surface area contributed by atoms with Crippen molar-refractivity contribution in [2.45, 2.75) is 26.3 Å². The molecule has 0 radical (unpaired) electrons. The van der Waals surface area contributed by atoms with Gasteiger partial charge in [-0.3, -0.25) is 0 Å². The van der Waals surface area contributed by atoms with E-state index in [1.807, 2.05) is 38.1 Å². The number of ether oxygens (including phenoxy) is 1. The van der Waals surface area contributed by atoms with Gasteiger partial charge in [-0.25, -0.2) is 9.97 Å². The average Bonchev–Trinajstić information content (AvgIpc) is 2.44. The lowest BCUT2D eigenvalue weighted by Crippen LogP contribution is -2.08. The summed E-state index contributed by atoms with van der Waals surface area (Å²) in [7, 11) is 1.67. The zero-order valence-electron chi connectivity index (χ0n) is 12.1. The first-order valence-corrected chi connectivity index (χ1v) is 6.60. The third-order valence-corrected chi connectivity index (χ3v) is 2.93. The van der Waals surface area contributed by atoms with Gasteiger partial charge in [0.1, 0.15) is 23.2 Å². The Labute approximate surface area is 119 Å². The molecule has 1 aromatic carbocycles. The molecule has 2 rings (SSSR count). The Morgan fingerprint density at radius 3 is 2.70 bits per heavy atom. The molecule has 0 saturated heterocycles. The van der Waals surface area contributed by atoms with Crippen LogP contribution in [-0.4, -0.2) is 17.1 Å². The van der Waals surface area contributed by atoms with Crippen molar-refractivity contribution in [1.29, 1.82) is 0 Å². The van der Waals surface area contributed by atoms with Crippen LogP contribution in [-0.2, 0) is 6.54 Å². The van der Waals surface area contributed by atoms with Crippen molar-refractivity contribution in [2.75, 3.05) is 18.2 Å². The first-order valence-electron chi connectivity index (χ1n) is 6.60. The van der Waals surface area contributed by atoms with E-state index in [-0.39, 0.29) is 5.92 Å². The number of nitrogens with one attached hydrogen (secondary N) is 1. The van der Waals surface area contributed by atoms with Crippen LogP contribution in [0, 0.1) is 0 Å². The quantitative estimate of drug-likeness (QED) is 0.875. The Bertz CT molecular complexity index is 584. The Hall–Kier alpha value is -2.30. The largest absolute Gasteiger partial charge is 0.496 e. The van der Waals surface area contributed by atoms with Crippen LogP contribution < -0.4 is 15.8 Å². The Morgan fingerprint density at radius 2 is 2.00 bits per heavy atom. The van der Waals surface area contributed by atoms with Gasteiger partial charge in [-0.2, -0.15) is 0 Å². The molecule has 0 aliphatic heterocycles. The fraction of sp³-hybridized carbons (Fsp3) is 0.333. The standard InChI is InChI=1S/C15H20N4O/c1-10(2)15-18-13(16)8-14(19-15)17-9-11-6-4-5-7-12(11)20-3/h4-8,10H,9H2,1-3H3,(H3,16,17,18,19). The second-order valence-electron chi connectivity index (χ2n) is 4.86. The van der Waals surface area contributed by atoms with E-state index in [4.69, 9.17) is 10.5 Å². The molecule has 0 amide bonds. The number of hydrogen-bond acceptors (Lipinski definition) is 5. The van der Waals surface area contributed by atoms with Crippen LogP contribution in [0.5, 0.6) is 5.75 Å². The topological polar surface area (TPSA) is 73.1 Å². The van der Waals surface area contributed by atoms with E-state index in [1.54, 1.807) is 13.2 Å². The third-order valence-electron chi connectivity index (χ3n) is 2.93. The molecule has 0 fully saturated rings. The van der Waals surface area contributed by atoms with E-state index in [2.05, 4.69) is 15.3 Å². The second kappa shape index (κ2) is 6.23. The van der Waals surface area contributed by atoms with Gasteiger partial charge in [-0.15, -0.1) is 0 Å². The summed E-state index contributed by atoms with van der Waals surface area (Å²) < 4.78 is 5.32. The molecule has 0 aliphatic carbocycles. The number of para-hydroxylation sites is 1. The molecule has 0 aliphatic rings. The molecule has 0 saturated carbocycles. The van der Waals surface area contributed by atoms with Crippen LogP contribution in [0.15, 0.2) is 30.3 Å². The molecule has 0 unspecified atom stereocenters. The predicted octanol–water partition coefficient (Wildman–Crippen LogP) is 2.80. The van der Waals surface area contributed by atoms with Crippen LogP contribution in [0.2, 0.25) is 0 Å². The Balaban J connectivity index is 2.14. The summed E-state index contributed by atoms with van der Waals surface area (Å²) in [6.45, 7) is 4.70. The van der Waals surface area contributed by atoms with Crippen LogP contribution >= 0.6 is 0 Å². The van der Waals surface area contributed by atoms with Gasteiger partial charge < -0.3 is 15.8 Å². The maximum atomic E-state index is 5.81. The van der Waals surface area contributed by atoms with Gasteiger partial charge in [-0.1, -0.05) is 32.0 Å².